The minimum Gasteiger partial charge on any atom is -0.508 e. The van der Waals surface area contributed by atoms with E-state index in [1.807, 2.05) is 19.9 Å². The lowest BCUT2D eigenvalue weighted by Gasteiger charge is -2.09. The van der Waals surface area contributed by atoms with Gasteiger partial charge in [0.15, 0.2) is 0 Å². The topological polar surface area (TPSA) is 55.5 Å². The standard InChI is InChI=1S/C10H15NO2/c1-7-8(2)10(12)4-3-9(7)5-6-13-11/h3-4,12H,5-6,11H2,1-2H3. The Morgan fingerprint density at radius 1 is 1.31 bits per heavy atom. The van der Waals surface area contributed by atoms with Crippen molar-refractivity contribution < 1.29 is 9.94 Å². The van der Waals surface area contributed by atoms with Crippen molar-refractivity contribution in [1.29, 1.82) is 0 Å². The number of phenols is 1. The third kappa shape index (κ3) is 2.20. The fourth-order valence-electron chi connectivity index (χ4n) is 1.30. The van der Waals surface area contributed by atoms with Gasteiger partial charge in [0.2, 0.25) is 0 Å². The molecule has 0 aromatic heterocycles. The Kier molecular flexibility index (Phi) is 3.28. The summed E-state index contributed by atoms with van der Waals surface area (Å²) in [6.45, 7) is 4.39. The van der Waals surface area contributed by atoms with Crippen LogP contribution in [0.25, 0.3) is 0 Å². The van der Waals surface area contributed by atoms with Gasteiger partial charge in [-0.05, 0) is 43.0 Å². The zero-order valence-corrected chi connectivity index (χ0v) is 8.00. The maximum absolute atomic E-state index is 9.39. The van der Waals surface area contributed by atoms with E-state index in [1.165, 1.54) is 5.56 Å². The average molecular weight is 181 g/mol. The highest BCUT2D eigenvalue weighted by atomic mass is 16.6. The third-order valence-corrected chi connectivity index (χ3v) is 2.36. The predicted octanol–water partition coefficient (Wildman–Crippen LogP) is 1.44. The Hall–Kier alpha value is -1.06. The van der Waals surface area contributed by atoms with Crippen LogP contribution < -0.4 is 5.90 Å². The van der Waals surface area contributed by atoms with Gasteiger partial charge in [0.25, 0.3) is 0 Å². The van der Waals surface area contributed by atoms with E-state index in [1.54, 1.807) is 6.07 Å². The largest absolute Gasteiger partial charge is 0.508 e. The minimum absolute atomic E-state index is 0.343. The number of hydrogen-bond acceptors (Lipinski definition) is 3. The molecule has 72 valence electrons. The van der Waals surface area contributed by atoms with Crippen molar-refractivity contribution in [2.24, 2.45) is 5.90 Å². The molecule has 0 amide bonds. The van der Waals surface area contributed by atoms with Gasteiger partial charge in [0.1, 0.15) is 5.75 Å². The summed E-state index contributed by atoms with van der Waals surface area (Å²) in [4.78, 5) is 4.51. The number of hydrogen-bond donors (Lipinski definition) is 2. The summed E-state index contributed by atoms with van der Waals surface area (Å²) in [5, 5.41) is 9.39. The molecule has 0 atom stereocenters. The fourth-order valence-corrected chi connectivity index (χ4v) is 1.30. The molecule has 3 N–H and O–H groups in total. The summed E-state index contributed by atoms with van der Waals surface area (Å²) in [7, 11) is 0. The summed E-state index contributed by atoms with van der Waals surface area (Å²) in [5.74, 6) is 5.29. The summed E-state index contributed by atoms with van der Waals surface area (Å²) < 4.78 is 0. The van der Waals surface area contributed by atoms with Crippen molar-refractivity contribution >= 4 is 0 Å². The Bertz CT molecular complexity index is 297. The number of benzene rings is 1. The molecule has 0 unspecified atom stereocenters. The molecule has 0 bridgehead atoms. The van der Waals surface area contributed by atoms with Crippen molar-refractivity contribution in [3.63, 3.8) is 0 Å². The molecule has 3 heteroatoms. The Morgan fingerprint density at radius 2 is 2.00 bits per heavy atom. The van der Waals surface area contributed by atoms with Crippen LogP contribution in [0.1, 0.15) is 16.7 Å². The van der Waals surface area contributed by atoms with Crippen molar-refractivity contribution in [2.45, 2.75) is 20.3 Å². The molecule has 0 aliphatic carbocycles. The first kappa shape index (κ1) is 10.0. The van der Waals surface area contributed by atoms with E-state index >= 15 is 0 Å². The van der Waals surface area contributed by atoms with Crippen LogP contribution in [0, 0.1) is 13.8 Å². The predicted molar refractivity (Wildman–Crippen MR) is 51.4 cm³/mol. The van der Waals surface area contributed by atoms with Gasteiger partial charge in [0.05, 0.1) is 6.61 Å². The van der Waals surface area contributed by atoms with E-state index in [2.05, 4.69) is 4.84 Å². The Morgan fingerprint density at radius 3 is 2.62 bits per heavy atom. The zero-order valence-electron chi connectivity index (χ0n) is 8.00. The first-order chi connectivity index (χ1) is 6.16. The zero-order chi connectivity index (χ0) is 9.84. The van der Waals surface area contributed by atoms with Crippen LogP contribution >= 0.6 is 0 Å². The van der Waals surface area contributed by atoms with Gasteiger partial charge >= 0.3 is 0 Å². The van der Waals surface area contributed by atoms with Crippen molar-refractivity contribution in [3.8, 4) is 5.75 Å². The first-order valence-electron chi connectivity index (χ1n) is 4.26. The van der Waals surface area contributed by atoms with E-state index in [-0.39, 0.29) is 0 Å². The average Bonchev–Trinajstić information content (AvgIpc) is 2.13. The minimum atomic E-state index is 0.343. The van der Waals surface area contributed by atoms with Crippen LogP contribution in [0.4, 0.5) is 0 Å². The van der Waals surface area contributed by atoms with Crippen molar-refractivity contribution in [1.82, 2.24) is 0 Å². The molecular formula is C10H15NO2. The second kappa shape index (κ2) is 4.25. The van der Waals surface area contributed by atoms with Crippen LogP contribution in [-0.2, 0) is 11.3 Å². The second-order valence-corrected chi connectivity index (χ2v) is 3.11. The van der Waals surface area contributed by atoms with Crippen LogP contribution in [0.3, 0.4) is 0 Å². The maximum Gasteiger partial charge on any atom is 0.118 e. The van der Waals surface area contributed by atoms with Gasteiger partial charge in [-0.1, -0.05) is 6.07 Å². The lowest BCUT2D eigenvalue weighted by atomic mass is 10.0. The number of rotatable bonds is 3. The van der Waals surface area contributed by atoms with Gasteiger partial charge in [-0.25, -0.2) is 5.90 Å². The van der Waals surface area contributed by atoms with Crippen LogP contribution in [0.15, 0.2) is 12.1 Å². The molecule has 0 radical (unpaired) electrons. The summed E-state index contributed by atoms with van der Waals surface area (Å²) in [6.07, 6.45) is 0.781. The SMILES string of the molecule is Cc1c(O)ccc(CCON)c1C. The summed E-state index contributed by atoms with van der Waals surface area (Å²) >= 11 is 0. The molecule has 1 aromatic rings. The molecule has 3 nitrogen and oxygen atoms in total. The Balaban J connectivity index is 2.90. The van der Waals surface area contributed by atoms with E-state index in [9.17, 15) is 5.11 Å². The monoisotopic (exact) mass is 181 g/mol. The Labute approximate surface area is 78.1 Å². The molecule has 1 aromatic carbocycles. The van der Waals surface area contributed by atoms with Gasteiger partial charge in [-0.3, -0.25) is 0 Å². The van der Waals surface area contributed by atoms with Crippen LogP contribution in [0.2, 0.25) is 0 Å². The quantitative estimate of drug-likeness (QED) is 0.694. The highest BCUT2D eigenvalue weighted by Gasteiger charge is 2.04. The molecule has 13 heavy (non-hydrogen) atoms. The number of nitrogens with two attached hydrogens (primary N) is 1. The molecular weight excluding hydrogens is 166 g/mol. The number of aromatic hydroxyl groups is 1. The molecule has 0 saturated carbocycles. The molecule has 0 heterocycles. The van der Waals surface area contributed by atoms with Crippen LogP contribution in [0.5, 0.6) is 5.75 Å². The fraction of sp³-hybridized carbons (Fsp3) is 0.400. The molecule has 1 rings (SSSR count). The molecule has 0 fully saturated rings. The third-order valence-electron chi connectivity index (χ3n) is 2.36. The van der Waals surface area contributed by atoms with Crippen LogP contribution in [-0.4, -0.2) is 11.7 Å². The number of phenolic OH excluding ortho intramolecular Hbond substituents is 1. The van der Waals surface area contributed by atoms with Crippen molar-refractivity contribution in [2.75, 3.05) is 6.61 Å². The highest BCUT2D eigenvalue weighted by molar-refractivity contribution is 5.42. The smallest absolute Gasteiger partial charge is 0.118 e. The molecule has 0 spiro atoms. The maximum atomic E-state index is 9.39. The van der Waals surface area contributed by atoms with E-state index in [0.717, 1.165) is 17.5 Å². The van der Waals surface area contributed by atoms with E-state index in [4.69, 9.17) is 5.90 Å². The summed E-state index contributed by atoms with van der Waals surface area (Å²) in [6, 6.07) is 3.60. The first-order valence-corrected chi connectivity index (χ1v) is 4.26. The highest BCUT2D eigenvalue weighted by Crippen LogP contribution is 2.22. The molecule has 0 aliphatic heterocycles. The lowest BCUT2D eigenvalue weighted by molar-refractivity contribution is 0.141. The van der Waals surface area contributed by atoms with Gasteiger partial charge in [-0.2, -0.15) is 0 Å². The lowest BCUT2D eigenvalue weighted by Crippen LogP contribution is -2.05. The van der Waals surface area contributed by atoms with Gasteiger partial charge in [-0.15, -0.1) is 0 Å². The summed E-state index contributed by atoms with van der Waals surface area (Å²) in [5.41, 5.74) is 3.20. The van der Waals surface area contributed by atoms with Crippen molar-refractivity contribution in [3.05, 3.63) is 28.8 Å². The van der Waals surface area contributed by atoms with Gasteiger partial charge in [0, 0.05) is 0 Å². The molecule has 0 saturated heterocycles. The van der Waals surface area contributed by atoms with E-state index < -0.39 is 0 Å². The normalized spacial score (nSPS) is 10.4. The second-order valence-electron chi connectivity index (χ2n) is 3.11. The van der Waals surface area contributed by atoms with Gasteiger partial charge < -0.3 is 9.94 Å². The molecule has 0 aliphatic rings. The van der Waals surface area contributed by atoms with E-state index in [0.29, 0.717) is 12.4 Å².